The van der Waals surface area contributed by atoms with E-state index in [0.29, 0.717) is 5.92 Å². The summed E-state index contributed by atoms with van der Waals surface area (Å²) in [6.45, 7) is 3.88. The molecule has 0 radical (unpaired) electrons. The van der Waals surface area contributed by atoms with Crippen LogP contribution in [0.2, 0.25) is 0 Å². The van der Waals surface area contributed by atoms with Crippen LogP contribution >= 0.6 is 0 Å². The highest BCUT2D eigenvalue weighted by molar-refractivity contribution is 5.71. The molecule has 0 N–H and O–H groups in total. The number of hydrogen-bond donors (Lipinski definition) is 0. The molecule has 5 rings (SSSR count). The van der Waals surface area contributed by atoms with Crippen LogP contribution < -0.4 is 4.90 Å². The Balaban J connectivity index is 1.63. The Labute approximate surface area is 167 Å². The second-order valence-electron chi connectivity index (χ2n) is 7.45. The first-order valence-electron chi connectivity index (χ1n) is 9.89. The third-order valence-electron chi connectivity index (χ3n) is 5.73. The second kappa shape index (κ2) is 7.01. The van der Waals surface area contributed by atoms with E-state index in [1.807, 2.05) is 6.08 Å². The summed E-state index contributed by atoms with van der Waals surface area (Å²) in [4.78, 5) is 2.39. The molecule has 0 aromatic heterocycles. The number of hydrogen-bond acceptors (Lipinski definition) is 1. The van der Waals surface area contributed by atoms with Crippen LogP contribution in [0.15, 0.2) is 103 Å². The molecule has 0 unspecified atom stereocenters. The molecule has 0 saturated heterocycles. The predicted molar refractivity (Wildman–Crippen MR) is 119 cm³/mol. The summed E-state index contributed by atoms with van der Waals surface area (Å²) in [5, 5.41) is 0. The summed E-state index contributed by atoms with van der Waals surface area (Å²) in [6.07, 6.45) is 11.0. The molecule has 136 valence electrons. The van der Waals surface area contributed by atoms with Gasteiger partial charge in [0.1, 0.15) is 0 Å². The average Bonchev–Trinajstić information content (AvgIpc) is 2.76. The molecule has 0 saturated carbocycles. The molecule has 3 aromatic rings. The highest BCUT2D eigenvalue weighted by Crippen LogP contribution is 2.41. The molecule has 0 spiro atoms. The zero-order valence-corrected chi connectivity index (χ0v) is 15.9. The minimum absolute atomic E-state index is 0.363. The van der Waals surface area contributed by atoms with E-state index in [2.05, 4.69) is 103 Å². The van der Waals surface area contributed by atoms with Crippen LogP contribution in [0.5, 0.6) is 0 Å². The third-order valence-corrected chi connectivity index (χ3v) is 5.73. The zero-order valence-electron chi connectivity index (χ0n) is 15.9. The standard InChI is InChI=1S/C27H23N/c1-2-20-14-16-25(17-15-20)28(24-12-4-3-5-13-24)26-18-22-10-6-8-21-9-7-11-23(19-26)27(21)22/h2-8,10-17,19,23H,1,9,18H2/t23-/m1/s1. The highest BCUT2D eigenvalue weighted by atomic mass is 15.1. The quantitative estimate of drug-likeness (QED) is 0.462. The van der Waals surface area contributed by atoms with Gasteiger partial charge in [-0.1, -0.05) is 79.4 Å². The van der Waals surface area contributed by atoms with E-state index < -0.39 is 0 Å². The van der Waals surface area contributed by atoms with Crippen molar-refractivity contribution in [1.29, 1.82) is 0 Å². The Morgan fingerprint density at radius 2 is 1.57 bits per heavy atom. The number of rotatable bonds is 4. The summed E-state index contributed by atoms with van der Waals surface area (Å²) in [5.74, 6) is 0.363. The molecule has 3 aromatic carbocycles. The lowest BCUT2D eigenvalue weighted by molar-refractivity contribution is 0.875. The fourth-order valence-electron chi connectivity index (χ4n) is 4.44. The monoisotopic (exact) mass is 361 g/mol. The first-order chi connectivity index (χ1) is 13.8. The Kier molecular flexibility index (Phi) is 4.21. The normalized spacial score (nSPS) is 16.9. The van der Waals surface area contributed by atoms with Crippen molar-refractivity contribution in [2.45, 2.75) is 18.8 Å². The van der Waals surface area contributed by atoms with Crippen LogP contribution in [-0.2, 0) is 12.8 Å². The molecule has 28 heavy (non-hydrogen) atoms. The maximum atomic E-state index is 3.88. The van der Waals surface area contributed by atoms with E-state index in [0.717, 1.165) is 18.4 Å². The van der Waals surface area contributed by atoms with Crippen LogP contribution in [0.25, 0.3) is 6.08 Å². The molecular formula is C27H23N. The average molecular weight is 361 g/mol. The van der Waals surface area contributed by atoms with Crippen molar-refractivity contribution >= 4 is 17.5 Å². The zero-order chi connectivity index (χ0) is 18.9. The van der Waals surface area contributed by atoms with Crippen molar-refractivity contribution in [2.75, 3.05) is 4.90 Å². The van der Waals surface area contributed by atoms with Gasteiger partial charge in [-0.2, -0.15) is 0 Å². The Morgan fingerprint density at radius 3 is 2.36 bits per heavy atom. The van der Waals surface area contributed by atoms with Gasteiger partial charge >= 0.3 is 0 Å². The Hall–Kier alpha value is -3.32. The summed E-state index contributed by atoms with van der Waals surface area (Å²) < 4.78 is 0. The van der Waals surface area contributed by atoms with Gasteiger partial charge in [-0.05, 0) is 52.9 Å². The predicted octanol–water partition coefficient (Wildman–Crippen LogP) is 6.80. The largest absolute Gasteiger partial charge is 0.314 e. The fourth-order valence-corrected chi connectivity index (χ4v) is 4.44. The van der Waals surface area contributed by atoms with Crippen molar-refractivity contribution in [1.82, 2.24) is 0 Å². The van der Waals surface area contributed by atoms with Crippen LogP contribution in [0, 0.1) is 0 Å². The van der Waals surface area contributed by atoms with Crippen LogP contribution in [0.3, 0.4) is 0 Å². The first kappa shape index (κ1) is 16.8. The molecule has 0 amide bonds. The van der Waals surface area contributed by atoms with Crippen LogP contribution in [-0.4, -0.2) is 0 Å². The van der Waals surface area contributed by atoms with Gasteiger partial charge in [-0.15, -0.1) is 0 Å². The lowest BCUT2D eigenvalue weighted by Gasteiger charge is -2.34. The smallest absolute Gasteiger partial charge is 0.0458 e. The molecule has 1 atom stereocenters. The van der Waals surface area contributed by atoms with Gasteiger partial charge < -0.3 is 4.90 Å². The number of para-hydroxylation sites is 1. The lowest BCUT2D eigenvalue weighted by Crippen LogP contribution is -2.23. The van der Waals surface area contributed by atoms with Crippen molar-refractivity contribution in [3.05, 3.63) is 126 Å². The van der Waals surface area contributed by atoms with E-state index in [1.54, 1.807) is 0 Å². The van der Waals surface area contributed by atoms with E-state index >= 15 is 0 Å². The second-order valence-corrected chi connectivity index (χ2v) is 7.45. The minimum atomic E-state index is 0.363. The summed E-state index contributed by atoms with van der Waals surface area (Å²) in [7, 11) is 0. The highest BCUT2D eigenvalue weighted by Gasteiger charge is 2.26. The maximum Gasteiger partial charge on any atom is 0.0458 e. The number of benzene rings is 3. The summed E-state index contributed by atoms with van der Waals surface area (Å²) in [5.41, 5.74) is 9.29. The van der Waals surface area contributed by atoms with Crippen LogP contribution in [0.1, 0.15) is 28.2 Å². The fraction of sp³-hybridized carbons (Fsp3) is 0.111. The molecule has 1 nitrogen and oxygen atoms in total. The number of nitrogens with zero attached hydrogens (tertiary/aromatic N) is 1. The van der Waals surface area contributed by atoms with Crippen molar-refractivity contribution in [3.63, 3.8) is 0 Å². The summed E-state index contributed by atoms with van der Waals surface area (Å²) >= 11 is 0. The maximum absolute atomic E-state index is 3.88. The van der Waals surface area contributed by atoms with Gasteiger partial charge in [0.2, 0.25) is 0 Å². The summed E-state index contributed by atoms with van der Waals surface area (Å²) in [6, 6.07) is 26.1. The molecular weight excluding hydrogens is 338 g/mol. The number of allylic oxidation sites excluding steroid dienone is 4. The van der Waals surface area contributed by atoms with E-state index in [-0.39, 0.29) is 0 Å². The Bertz CT molecular complexity index is 1070. The third kappa shape index (κ3) is 2.90. The SMILES string of the molecule is C=Cc1ccc(N(C2=C[C@H]3C=CCc4cccc(c43)C2)c2ccccc2)cc1. The molecule has 2 aliphatic rings. The topological polar surface area (TPSA) is 3.24 Å². The number of anilines is 2. The van der Waals surface area contributed by atoms with Gasteiger partial charge in [-0.25, -0.2) is 0 Å². The van der Waals surface area contributed by atoms with E-state index in [4.69, 9.17) is 0 Å². The molecule has 0 aliphatic heterocycles. The molecule has 0 fully saturated rings. The molecule has 2 aliphatic carbocycles. The minimum Gasteiger partial charge on any atom is -0.314 e. The van der Waals surface area contributed by atoms with Gasteiger partial charge in [0.15, 0.2) is 0 Å². The molecule has 0 heterocycles. The molecule has 1 heteroatoms. The first-order valence-corrected chi connectivity index (χ1v) is 9.89. The van der Waals surface area contributed by atoms with E-state index in [1.165, 1.54) is 33.8 Å². The van der Waals surface area contributed by atoms with Crippen molar-refractivity contribution in [2.24, 2.45) is 0 Å². The van der Waals surface area contributed by atoms with Crippen molar-refractivity contribution < 1.29 is 0 Å². The van der Waals surface area contributed by atoms with Gasteiger partial charge in [0.05, 0.1) is 0 Å². The van der Waals surface area contributed by atoms with E-state index in [9.17, 15) is 0 Å². The van der Waals surface area contributed by atoms with Gasteiger partial charge in [-0.3, -0.25) is 0 Å². The van der Waals surface area contributed by atoms with Crippen molar-refractivity contribution in [3.8, 4) is 0 Å². The van der Waals surface area contributed by atoms with Crippen LogP contribution in [0.4, 0.5) is 11.4 Å². The van der Waals surface area contributed by atoms with Gasteiger partial charge in [0, 0.05) is 29.4 Å². The Morgan fingerprint density at radius 1 is 0.821 bits per heavy atom. The van der Waals surface area contributed by atoms with Gasteiger partial charge in [0.25, 0.3) is 0 Å². The molecule has 0 bridgehead atoms. The lowest BCUT2D eigenvalue weighted by atomic mass is 9.79.